The van der Waals surface area contributed by atoms with Gasteiger partial charge in [0.25, 0.3) is 0 Å². The highest BCUT2D eigenvalue weighted by atomic mass is 15.0. The molecule has 0 aliphatic heterocycles. The summed E-state index contributed by atoms with van der Waals surface area (Å²) >= 11 is 0. The van der Waals surface area contributed by atoms with E-state index in [1.54, 1.807) is 0 Å². The lowest BCUT2D eigenvalue weighted by molar-refractivity contribution is 1.18. The highest BCUT2D eigenvalue weighted by molar-refractivity contribution is 6.16. The molecule has 0 aliphatic rings. The first-order chi connectivity index (χ1) is 24.8. The maximum Gasteiger partial charge on any atom is 0.0619 e. The minimum atomic E-state index is 1.14. The molecule has 0 aliphatic carbocycles. The Bertz CT molecular complexity index is 2820. The van der Waals surface area contributed by atoms with E-state index in [0.29, 0.717) is 0 Å². The lowest BCUT2D eigenvalue weighted by Crippen LogP contribution is -1.96. The highest BCUT2D eigenvalue weighted by Gasteiger charge is 2.19. The van der Waals surface area contributed by atoms with Crippen molar-refractivity contribution in [3.05, 3.63) is 194 Å². The van der Waals surface area contributed by atoms with Crippen molar-refractivity contribution >= 4 is 43.6 Å². The number of hydrogen-bond acceptors (Lipinski definition) is 0. The van der Waals surface area contributed by atoms with Gasteiger partial charge < -0.3 is 9.13 Å². The Balaban J connectivity index is 1.23. The van der Waals surface area contributed by atoms with Crippen molar-refractivity contribution in [3.63, 3.8) is 0 Å². The van der Waals surface area contributed by atoms with E-state index in [1.165, 1.54) is 82.7 Å². The standard InChI is InChI=1S/C48H32N2/c1-4-13-33(14-5-1)35-23-27-39(28-24-35)50-47-29-25-36(34-15-6-2-7-16-34)31-44(47)42-21-12-20-40(48(42)50)37-26-30-46-43(32-37)41-19-10-11-22-45(41)49(46)38-17-8-3-9-18-38/h1-32H. The fourth-order valence-electron chi connectivity index (χ4n) is 7.81. The van der Waals surface area contributed by atoms with E-state index in [1.807, 2.05) is 0 Å². The van der Waals surface area contributed by atoms with Crippen molar-refractivity contribution in [2.75, 3.05) is 0 Å². The summed E-state index contributed by atoms with van der Waals surface area (Å²) in [5.74, 6) is 0. The molecule has 10 rings (SSSR count). The Morgan fingerprint density at radius 3 is 1.48 bits per heavy atom. The molecule has 8 aromatic carbocycles. The molecule has 0 spiro atoms. The van der Waals surface area contributed by atoms with E-state index >= 15 is 0 Å². The normalized spacial score (nSPS) is 11.6. The zero-order valence-corrected chi connectivity index (χ0v) is 27.4. The van der Waals surface area contributed by atoms with Gasteiger partial charge in [0, 0.05) is 38.5 Å². The van der Waals surface area contributed by atoms with Crippen molar-refractivity contribution in [2.24, 2.45) is 0 Å². The minimum absolute atomic E-state index is 1.14. The van der Waals surface area contributed by atoms with Crippen molar-refractivity contribution in [2.45, 2.75) is 0 Å². The third-order valence-electron chi connectivity index (χ3n) is 10.1. The first kappa shape index (κ1) is 28.4. The van der Waals surface area contributed by atoms with Crippen LogP contribution in [0.5, 0.6) is 0 Å². The van der Waals surface area contributed by atoms with Crippen LogP contribution in [0.25, 0.3) is 88.4 Å². The van der Waals surface area contributed by atoms with Crippen LogP contribution in [0, 0.1) is 0 Å². The van der Waals surface area contributed by atoms with Crippen molar-refractivity contribution in [3.8, 4) is 44.8 Å². The molecule has 2 heteroatoms. The van der Waals surface area contributed by atoms with E-state index < -0.39 is 0 Å². The molecule has 0 amide bonds. The molecule has 234 valence electrons. The third-order valence-corrected chi connectivity index (χ3v) is 10.1. The van der Waals surface area contributed by atoms with Gasteiger partial charge in [0.1, 0.15) is 0 Å². The second-order valence-corrected chi connectivity index (χ2v) is 13.0. The van der Waals surface area contributed by atoms with Gasteiger partial charge in [-0.15, -0.1) is 0 Å². The van der Waals surface area contributed by atoms with Gasteiger partial charge in [-0.05, 0) is 82.4 Å². The first-order valence-electron chi connectivity index (χ1n) is 17.2. The van der Waals surface area contributed by atoms with Gasteiger partial charge in [0.05, 0.1) is 22.1 Å². The van der Waals surface area contributed by atoms with Gasteiger partial charge in [0.2, 0.25) is 0 Å². The summed E-state index contributed by atoms with van der Waals surface area (Å²) < 4.78 is 4.84. The first-order valence-corrected chi connectivity index (χ1v) is 17.2. The Hall–Kier alpha value is -6.64. The predicted octanol–water partition coefficient (Wildman–Crippen LogP) is 12.9. The topological polar surface area (TPSA) is 9.86 Å². The molecule has 0 fully saturated rings. The summed E-state index contributed by atoms with van der Waals surface area (Å²) in [4.78, 5) is 0. The fourth-order valence-corrected chi connectivity index (χ4v) is 7.81. The van der Waals surface area contributed by atoms with Crippen LogP contribution in [0.3, 0.4) is 0 Å². The van der Waals surface area contributed by atoms with Gasteiger partial charge in [0.15, 0.2) is 0 Å². The second kappa shape index (κ2) is 11.5. The van der Waals surface area contributed by atoms with Gasteiger partial charge in [-0.2, -0.15) is 0 Å². The van der Waals surface area contributed by atoms with E-state index in [0.717, 1.165) is 5.69 Å². The van der Waals surface area contributed by atoms with Crippen LogP contribution in [0.2, 0.25) is 0 Å². The van der Waals surface area contributed by atoms with Crippen LogP contribution >= 0.6 is 0 Å². The smallest absolute Gasteiger partial charge is 0.0619 e. The summed E-state index contributed by atoms with van der Waals surface area (Å²) in [5, 5.41) is 5.00. The molecule has 0 bridgehead atoms. The molecule has 50 heavy (non-hydrogen) atoms. The van der Waals surface area contributed by atoms with Gasteiger partial charge >= 0.3 is 0 Å². The zero-order chi connectivity index (χ0) is 33.0. The average Bonchev–Trinajstić information content (AvgIpc) is 3.71. The molecule has 10 aromatic rings. The number of fused-ring (bicyclic) bond motifs is 6. The van der Waals surface area contributed by atoms with E-state index in [9.17, 15) is 0 Å². The number of benzene rings is 8. The number of para-hydroxylation sites is 3. The molecule has 2 heterocycles. The molecule has 2 aromatic heterocycles. The van der Waals surface area contributed by atoms with E-state index in [4.69, 9.17) is 0 Å². The molecule has 0 unspecified atom stereocenters. The molecule has 0 radical (unpaired) electrons. The molecule has 2 nitrogen and oxygen atoms in total. The summed E-state index contributed by atoms with van der Waals surface area (Å²) in [6.45, 7) is 0. The summed E-state index contributed by atoms with van der Waals surface area (Å²) in [6.07, 6.45) is 0. The highest BCUT2D eigenvalue weighted by Crippen LogP contribution is 2.42. The maximum absolute atomic E-state index is 2.46. The Morgan fingerprint density at radius 2 is 0.740 bits per heavy atom. The predicted molar refractivity (Wildman–Crippen MR) is 211 cm³/mol. The summed E-state index contributed by atoms with van der Waals surface area (Å²) in [5.41, 5.74) is 14.4. The zero-order valence-electron chi connectivity index (χ0n) is 27.4. The largest absolute Gasteiger partial charge is 0.309 e. The molecule has 0 N–H and O–H groups in total. The van der Waals surface area contributed by atoms with Crippen LogP contribution in [0.4, 0.5) is 0 Å². The molecule has 0 saturated heterocycles. The molecule has 0 saturated carbocycles. The van der Waals surface area contributed by atoms with Crippen molar-refractivity contribution in [1.82, 2.24) is 9.13 Å². The molecular weight excluding hydrogens is 605 g/mol. The summed E-state index contributed by atoms with van der Waals surface area (Å²) in [7, 11) is 0. The average molecular weight is 637 g/mol. The van der Waals surface area contributed by atoms with Crippen LogP contribution in [-0.4, -0.2) is 9.13 Å². The van der Waals surface area contributed by atoms with Crippen LogP contribution in [0.1, 0.15) is 0 Å². The SMILES string of the molecule is c1ccc(-c2ccc(-n3c4ccc(-c5ccccc5)cc4c4cccc(-c5ccc6c(c5)c5ccccc5n6-c5ccccc5)c43)cc2)cc1. The van der Waals surface area contributed by atoms with Gasteiger partial charge in [-0.3, -0.25) is 0 Å². The lowest BCUT2D eigenvalue weighted by Gasteiger charge is -2.13. The molecular formula is C48H32N2. The maximum atomic E-state index is 2.46. The van der Waals surface area contributed by atoms with E-state index in [-0.39, 0.29) is 0 Å². The van der Waals surface area contributed by atoms with Gasteiger partial charge in [-0.25, -0.2) is 0 Å². The monoisotopic (exact) mass is 636 g/mol. The molecule has 0 atom stereocenters. The fraction of sp³-hybridized carbons (Fsp3) is 0. The Morgan fingerprint density at radius 1 is 0.260 bits per heavy atom. The second-order valence-electron chi connectivity index (χ2n) is 13.0. The van der Waals surface area contributed by atoms with Crippen LogP contribution < -0.4 is 0 Å². The van der Waals surface area contributed by atoms with Crippen LogP contribution in [-0.2, 0) is 0 Å². The lowest BCUT2D eigenvalue weighted by atomic mass is 9.99. The Labute approximate surface area is 290 Å². The summed E-state index contributed by atoms with van der Waals surface area (Å²) in [6, 6.07) is 70.4. The van der Waals surface area contributed by atoms with Crippen molar-refractivity contribution in [1.29, 1.82) is 0 Å². The third kappa shape index (κ3) is 4.50. The van der Waals surface area contributed by atoms with Crippen molar-refractivity contribution < 1.29 is 0 Å². The minimum Gasteiger partial charge on any atom is -0.309 e. The quantitative estimate of drug-likeness (QED) is 0.178. The Kier molecular flexibility index (Phi) is 6.53. The number of aromatic nitrogens is 2. The van der Waals surface area contributed by atoms with Gasteiger partial charge in [-0.1, -0.05) is 140 Å². The van der Waals surface area contributed by atoms with E-state index in [2.05, 4.69) is 203 Å². The number of hydrogen-bond donors (Lipinski definition) is 0. The van der Waals surface area contributed by atoms with Crippen LogP contribution in [0.15, 0.2) is 194 Å². The number of rotatable bonds is 5. The number of nitrogens with zero attached hydrogens (tertiary/aromatic N) is 2.